The minimum absolute atomic E-state index is 0.0209. The molecule has 0 bridgehead atoms. The average Bonchev–Trinajstić information content (AvgIpc) is 3.53. The fourth-order valence-corrected chi connectivity index (χ4v) is 7.79. The van der Waals surface area contributed by atoms with Gasteiger partial charge in [-0.1, -0.05) is 13.5 Å². The monoisotopic (exact) mass is 622 g/mol. The van der Waals surface area contributed by atoms with Gasteiger partial charge in [-0.2, -0.15) is 11.8 Å². The highest BCUT2D eigenvalue weighted by Crippen LogP contribution is 2.43. The van der Waals surface area contributed by atoms with Gasteiger partial charge in [-0.25, -0.2) is 0 Å². The summed E-state index contributed by atoms with van der Waals surface area (Å²) in [5.41, 5.74) is 10.1. The molecule has 6 N–H and O–H groups in total. The highest BCUT2D eigenvalue weighted by molar-refractivity contribution is 8.07. The van der Waals surface area contributed by atoms with Crippen molar-refractivity contribution in [2.75, 3.05) is 5.75 Å². The molecule has 0 saturated carbocycles. The van der Waals surface area contributed by atoms with E-state index in [4.69, 9.17) is 0 Å². The Labute approximate surface area is 261 Å². The average molecular weight is 623 g/mol. The molecule has 1 aromatic rings. The molecule has 2 amide bonds. The van der Waals surface area contributed by atoms with Crippen LogP contribution in [0.4, 0.5) is 0 Å². The summed E-state index contributed by atoms with van der Waals surface area (Å²) in [6.07, 6.45) is 2.88. The van der Waals surface area contributed by atoms with Crippen molar-refractivity contribution in [2.45, 2.75) is 102 Å². The van der Waals surface area contributed by atoms with Gasteiger partial charge in [0, 0.05) is 64.9 Å². The summed E-state index contributed by atoms with van der Waals surface area (Å²) in [7, 11) is 0. The molecule has 0 radical (unpaired) electrons. The quantitative estimate of drug-likeness (QED) is 0.172. The first kappa shape index (κ1) is 31.7. The predicted molar refractivity (Wildman–Crippen MR) is 169 cm³/mol. The van der Waals surface area contributed by atoms with Crippen molar-refractivity contribution in [3.05, 3.63) is 68.2 Å². The van der Waals surface area contributed by atoms with E-state index in [0.29, 0.717) is 43.8 Å². The SMILES string of the molecule is C=C1C(CCC(=O)O)=C(Cc2[nH]c(C[C@H]3NC(=O)C(CC)=C3C)c(C)c2CCC(=O)O)NC1C[C@@H]1NC(=O)C(C)=C1[C@@H]1CS1. The lowest BCUT2D eigenvalue weighted by Crippen LogP contribution is -2.37. The number of H-pyrrole nitrogens is 1. The largest absolute Gasteiger partial charge is 0.481 e. The summed E-state index contributed by atoms with van der Waals surface area (Å²) in [6.45, 7) is 12.2. The van der Waals surface area contributed by atoms with E-state index in [1.54, 1.807) is 0 Å². The standard InChI is InChI=1S/C33H42N4O6S/c1-6-19-15(2)24(36-33(19)43)11-22-16(3)20(7-9-29(38)39)25(34-22)13-26-21(8-10-30(40)41)17(4)23(35-26)12-27-31(28-14-44-28)18(5)32(42)37-27/h23-24,27-28,34-35H,4,6-14H2,1-3,5H3,(H,36,43)(H,37,42)(H,38,39)(H,40,41)/t23?,24-,27+,28+/m1/s1. The van der Waals surface area contributed by atoms with Crippen molar-refractivity contribution in [3.8, 4) is 0 Å². The lowest BCUT2D eigenvalue weighted by molar-refractivity contribution is -0.138. The number of allylic oxidation sites excluding steroid dienone is 1. The molecule has 1 unspecified atom stereocenters. The third-order valence-corrected chi connectivity index (χ3v) is 10.5. The minimum atomic E-state index is -0.892. The van der Waals surface area contributed by atoms with E-state index >= 15 is 0 Å². The van der Waals surface area contributed by atoms with Crippen molar-refractivity contribution in [2.24, 2.45) is 0 Å². The normalized spacial score (nSPS) is 24.8. The molecule has 11 heteroatoms. The van der Waals surface area contributed by atoms with Crippen molar-refractivity contribution in [3.63, 3.8) is 0 Å². The molecule has 236 valence electrons. The van der Waals surface area contributed by atoms with Crippen LogP contribution in [0.15, 0.2) is 45.7 Å². The lowest BCUT2D eigenvalue weighted by atomic mass is 9.91. The van der Waals surface area contributed by atoms with Crippen molar-refractivity contribution in [1.82, 2.24) is 20.9 Å². The van der Waals surface area contributed by atoms with Crippen LogP contribution < -0.4 is 16.0 Å². The smallest absolute Gasteiger partial charge is 0.303 e. The summed E-state index contributed by atoms with van der Waals surface area (Å²) in [6, 6.07) is -0.407. The zero-order valence-corrected chi connectivity index (χ0v) is 26.6. The third kappa shape index (κ3) is 6.38. The topological polar surface area (TPSA) is 161 Å². The maximum Gasteiger partial charge on any atom is 0.303 e. The van der Waals surface area contributed by atoms with E-state index in [1.165, 1.54) is 0 Å². The van der Waals surface area contributed by atoms with Gasteiger partial charge in [0.1, 0.15) is 0 Å². The van der Waals surface area contributed by atoms with Crippen molar-refractivity contribution < 1.29 is 29.4 Å². The Morgan fingerprint density at radius 3 is 2.18 bits per heavy atom. The fourth-order valence-electron chi connectivity index (χ4n) is 7.00. The van der Waals surface area contributed by atoms with Crippen LogP contribution >= 0.6 is 11.8 Å². The zero-order valence-electron chi connectivity index (χ0n) is 25.8. The molecule has 4 aliphatic rings. The molecular formula is C33H42N4O6S. The van der Waals surface area contributed by atoms with Gasteiger partial charge >= 0.3 is 11.9 Å². The predicted octanol–water partition coefficient (Wildman–Crippen LogP) is 3.62. The van der Waals surface area contributed by atoms with Gasteiger partial charge < -0.3 is 31.1 Å². The second kappa shape index (κ2) is 12.7. The van der Waals surface area contributed by atoms with Crippen molar-refractivity contribution in [1.29, 1.82) is 0 Å². The number of thioether (sulfide) groups is 1. The molecule has 0 spiro atoms. The number of hydrogen-bond acceptors (Lipinski definition) is 6. The first-order chi connectivity index (χ1) is 20.9. The van der Waals surface area contributed by atoms with Crippen LogP contribution in [0.1, 0.15) is 75.4 Å². The van der Waals surface area contributed by atoms with E-state index < -0.39 is 11.9 Å². The van der Waals surface area contributed by atoms with Crippen LogP contribution in [-0.4, -0.2) is 68.1 Å². The summed E-state index contributed by atoms with van der Waals surface area (Å²) in [4.78, 5) is 51.7. The van der Waals surface area contributed by atoms with Crippen LogP contribution in [0.5, 0.6) is 0 Å². The molecule has 1 aromatic heterocycles. The number of hydrogen-bond donors (Lipinski definition) is 6. The van der Waals surface area contributed by atoms with E-state index in [9.17, 15) is 29.4 Å². The van der Waals surface area contributed by atoms with Crippen molar-refractivity contribution >= 4 is 35.5 Å². The maximum absolute atomic E-state index is 12.5. The summed E-state index contributed by atoms with van der Waals surface area (Å²) < 4.78 is 0. The zero-order chi connectivity index (χ0) is 31.9. The van der Waals surface area contributed by atoms with Gasteiger partial charge in [-0.15, -0.1) is 0 Å². The van der Waals surface area contributed by atoms with Crippen LogP contribution in [0, 0.1) is 6.92 Å². The highest BCUT2D eigenvalue weighted by atomic mass is 32.2. The third-order valence-electron chi connectivity index (χ3n) is 9.57. The molecule has 5 rings (SSSR count). The number of aromatic nitrogens is 1. The van der Waals surface area contributed by atoms with Crippen LogP contribution in [-0.2, 0) is 38.4 Å². The Balaban J connectivity index is 1.42. The number of rotatable bonds is 14. The molecular weight excluding hydrogens is 580 g/mol. The molecule has 1 saturated heterocycles. The Morgan fingerprint density at radius 2 is 1.57 bits per heavy atom. The molecule has 5 heterocycles. The summed E-state index contributed by atoms with van der Waals surface area (Å²) in [5.74, 6) is -0.834. The number of carbonyl (C=O) groups is 4. The Kier molecular flexibility index (Phi) is 9.15. The minimum Gasteiger partial charge on any atom is -0.481 e. The second-order valence-electron chi connectivity index (χ2n) is 12.2. The molecule has 44 heavy (non-hydrogen) atoms. The Morgan fingerprint density at radius 1 is 0.909 bits per heavy atom. The number of carbonyl (C=O) groups excluding carboxylic acids is 2. The van der Waals surface area contributed by atoms with Crippen LogP contribution in [0.25, 0.3) is 0 Å². The number of carboxylic acids is 2. The highest BCUT2D eigenvalue weighted by Gasteiger charge is 2.42. The lowest BCUT2D eigenvalue weighted by Gasteiger charge is -2.22. The number of carboxylic acid groups (broad SMARTS) is 2. The fraction of sp³-hybridized carbons (Fsp3) is 0.515. The van der Waals surface area contributed by atoms with Gasteiger partial charge in [0.05, 0.1) is 18.1 Å². The van der Waals surface area contributed by atoms with E-state index in [1.807, 2.05) is 39.5 Å². The summed E-state index contributed by atoms with van der Waals surface area (Å²) >= 11 is 1.83. The molecule has 1 fully saturated rings. The van der Waals surface area contributed by atoms with Crippen LogP contribution in [0.2, 0.25) is 0 Å². The van der Waals surface area contributed by atoms with Crippen LogP contribution in [0.3, 0.4) is 0 Å². The maximum atomic E-state index is 12.5. The molecule has 0 aliphatic carbocycles. The number of amides is 2. The molecule has 0 aromatic carbocycles. The van der Waals surface area contributed by atoms with Gasteiger partial charge in [-0.05, 0) is 79.9 Å². The van der Waals surface area contributed by atoms with Gasteiger partial charge in [0.15, 0.2) is 0 Å². The number of aromatic amines is 1. The van der Waals surface area contributed by atoms with Gasteiger partial charge in [0.25, 0.3) is 0 Å². The number of nitrogens with one attached hydrogen (secondary N) is 4. The first-order valence-corrected chi connectivity index (χ1v) is 16.4. The first-order valence-electron chi connectivity index (χ1n) is 15.3. The molecule has 4 atom stereocenters. The number of aliphatic carboxylic acids is 2. The van der Waals surface area contributed by atoms with E-state index in [-0.39, 0.29) is 42.8 Å². The van der Waals surface area contributed by atoms with E-state index in [2.05, 4.69) is 27.5 Å². The van der Waals surface area contributed by atoms with Gasteiger partial charge in [-0.3, -0.25) is 19.2 Å². The Hall–Kier alpha value is -3.73. The Bertz CT molecular complexity index is 1530. The summed E-state index contributed by atoms with van der Waals surface area (Å²) in [5, 5.41) is 29.2. The van der Waals surface area contributed by atoms with Gasteiger partial charge in [0.2, 0.25) is 11.8 Å². The van der Waals surface area contributed by atoms with E-state index in [0.717, 1.165) is 67.4 Å². The molecule has 4 aliphatic heterocycles. The molecule has 10 nitrogen and oxygen atoms in total. The second-order valence-corrected chi connectivity index (χ2v) is 13.5.